The number of nitrogens with one attached hydrogen (secondary N) is 1. The van der Waals surface area contributed by atoms with Gasteiger partial charge in [0.15, 0.2) is 0 Å². The molecule has 1 fully saturated rings. The van der Waals surface area contributed by atoms with Crippen LogP contribution >= 0.6 is 0 Å². The maximum absolute atomic E-state index is 12.1. The Balaban J connectivity index is 1.59. The van der Waals surface area contributed by atoms with Crippen LogP contribution in [0.15, 0.2) is 42.5 Å². The van der Waals surface area contributed by atoms with Gasteiger partial charge >= 0.3 is 6.09 Å². The zero-order chi connectivity index (χ0) is 23.4. The van der Waals surface area contributed by atoms with E-state index in [1.54, 1.807) is 7.11 Å². The van der Waals surface area contributed by atoms with Crippen LogP contribution in [-0.4, -0.2) is 50.3 Å². The molecule has 1 atom stereocenters. The predicted octanol–water partition coefficient (Wildman–Crippen LogP) is 4.83. The smallest absolute Gasteiger partial charge is 0.411 e. The summed E-state index contributed by atoms with van der Waals surface area (Å²) in [4.78, 5) is 12.1. The molecule has 0 saturated carbocycles. The second kappa shape index (κ2) is 10.1. The number of ether oxygens (including phenoxy) is 4. The van der Waals surface area contributed by atoms with Crippen LogP contribution in [0, 0.1) is 0 Å². The van der Waals surface area contributed by atoms with Crippen LogP contribution in [0.3, 0.4) is 0 Å². The number of nitrogen functional groups attached to an aromatic ring is 1. The molecular weight excluding hydrogens is 422 g/mol. The molecule has 0 unspecified atom stereocenters. The van der Waals surface area contributed by atoms with Crippen LogP contribution in [0.4, 0.5) is 16.2 Å². The van der Waals surface area contributed by atoms with Crippen molar-refractivity contribution in [1.29, 1.82) is 0 Å². The number of fused-ring (bicyclic) bond motifs is 1. The zero-order valence-electron chi connectivity index (χ0n) is 19.3. The van der Waals surface area contributed by atoms with Crippen molar-refractivity contribution in [3.8, 4) is 17.0 Å². The van der Waals surface area contributed by atoms with Crippen molar-refractivity contribution >= 4 is 28.4 Å². The van der Waals surface area contributed by atoms with Gasteiger partial charge in [0.05, 0.1) is 36.7 Å². The fourth-order valence-electron chi connectivity index (χ4n) is 4.10. The molecule has 1 aliphatic heterocycles. The summed E-state index contributed by atoms with van der Waals surface area (Å²) >= 11 is 0. The Morgan fingerprint density at radius 1 is 1.21 bits per heavy atom. The van der Waals surface area contributed by atoms with E-state index in [0.717, 1.165) is 34.3 Å². The number of methoxy groups -OCH3 is 1. The van der Waals surface area contributed by atoms with E-state index >= 15 is 0 Å². The van der Waals surface area contributed by atoms with Crippen molar-refractivity contribution in [2.24, 2.45) is 0 Å². The number of carbonyl (C=O) groups excluding carboxylic acids is 1. The summed E-state index contributed by atoms with van der Waals surface area (Å²) in [6, 6.07) is 13.7. The highest BCUT2D eigenvalue weighted by molar-refractivity contribution is 6.01. The molecule has 2 aromatic carbocycles. The van der Waals surface area contributed by atoms with E-state index in [9.17, 15) is 4.79 Å². The molecule has 2 heterocycles. The molecule has 0 bridgehead atoms. The van der Waals surface area contributed by atoms with Gasteiger partial charge in [0, 0.05) is 42.3 Å². The first-order valence-electron chi connectivity index (χ1n) is 11.2. The lowest BCUT2D eigenvalue weighted by Gasteiger charge is -2.16. The number of hydrogen-bond acceptors (Lipinski definition) is 6. The molecule has 4 rings (SSSR count). The third kappa shape index (κ3) is 5.07. The Hall–Kier alpha value is -3.23. The van der Waals surface area contributed by atoms with Gasteiger partial charge in [0.25, 0.3) is 0 Å². The van der Waals surface area contributed by atoms with Crippen molar-refractivity contribution < 1.29 is 23.7 Å². The molecule has 33 heavy (non-hydrogen) atoms. The molecule has 8 nitrogen and oxygen atoms in total. The molecule has 1 amide bonds. The number of aromatic nitrogens is 1. The summed E-state index contributed by atoms with van der Waals surface area (Å²) in [7, 11) is 1.65. The summed E-state index contributed by atoms with van der Waals surface area (Å²) in [5, 5.41) is 3.75. The number of benzene rings is 2. The van der Waals surface area contributed by atoms with Crippen LogP contribution in [-0.2, 0) is 14.2 Å². The number of amides is 1. The summed E-state index contributed by atoms with van der Waals surface area (Å²) < 4.78 is 23.7. The average Bonchev–Trinajstić information content (AvgIpc) is 3.40. The van der Waals surface area contributed by atoms with Crippen molar-refractivity contribution in [2.75, 3.05) is 44.6 Å². The lowest BCUT2D eigenvalue weighted by molar-refractivity contribution is 0.0932. The quantitative estimate of drug-likeness (QED) is 0.474. The van der Waals surface area contributed by atoms with Gasteiger partial charge in [0.2, 0.25) is 0 Å². The number of nitrogens with zero attached hydrogens (tertiary/aromatic N) is 1. The van der Waals surface area contributed by atoms with Gasteiger partial charge in [-0.1, -0.05) is 12.1 Å². The molecule has 176 valence electrons. The molecule has 1 saturated heterocycles. The number of carbonyl (C=O) groups is 1. The van der Waals surface area contributed by atoms with Crippen molar-refractivity contribution in [3.63, 3.8) is 0 Å². The van der Waals surface area contributed by atoms with E-state index in [-0.39, 0.29) is 12.1 Å². The number of anilines is 2. The summed E-state index contributed by atoms with van der Waals surface area (Å²) in [5.41, 5.74) is 10.9. The van der Waals surface area contributed by atoms with Crippen LogP contribution in [0.2, 0.25) is 0 Å². The topological polar surface area (TPSA) is 97.0 Å². The normalized spacial score (nSPS) is 15.8. The number of rotatable bonds is 8. The summed E-state index contributed by atoms with van der Waals surface area (Å²) in [6.07, 6.45) is 0.0640. The Morgan fingerprint density at radius 2 is 2.00 bits per heavy atom. The molecule has 3 aromatic rings. The van der Waals surface area contributed by atoms with E-state index in [0.29, 0.717) is 37.8 Å². The molecular formula is C25H31N3O5. The van der Waals surface area contributed by atoms with Gasteiger partial charge in [-0.25, -0.2) is 4.79 Å². The Labute approximate surface area is 193 Å². The van der Waals surface area contributed by atoms with Gasteiger partial charge in [0.1, 0.15) is 18.5 Å². The molecule has 8 heteroatoms. The van der Waals surface area contributed by atoms with E-state index in [4.69, 9.17) is 24.7 Å². The van der Waals surface area contributed by atoms with Crippen molar-refractivity contribution in [3.05, 3.63) is 42.5 Å². The lowest BCUT2D eigenvalue weighted by Crippen LogP contribution is -2.22. The fraction of sp³-hybridized carbons (Fsp3) is 0.400. The van der Waals surface area contributed by atoms with E-state index in [1.807, 2.05) is 42.5 Å². The molecule has 0 aliphatic carbocycles. The maximum atomic E-state index is 12.1. The molecule has 3 N–H and O–H groups in total. The van der Waals surface area contributed by atoms with Crippen molar-refractivity contribution in [2.45, 2.75) is 32.4 Å². The standard InChI is InChI=1S/C25H31N3O5/c1-16(2)28-22-14-19(32-13-12-30-3)8-9-21(22)23(26)24(28)17-4-6-18(7-5-17)27-25(29)33-20-10-11-31-15-20/h4-9,14,16,20H,10-13,15,26H2,1-3H3,(H,27,29)/t20-/m1/s1. The zero-order valence-corrected chi connectivity index (χ0v) is 19.3. The van der Waals surface area contributed by atoms with E-state index in [1.165, 1.54) is 0 Å². The highest BCUT2D eigenvalue weighted by atomic mass is 16.6. The first kappa shape index (κ1) is 22.9. The average molecular weight is 454 g/mol. The van der Waals surface area contributed by atoms with Crippen LogP contribution in [0.25, 0.3) is 22.2 Å². The molecule has 1 aliphatic rings. The Bertz CT molecular complexity index is 1100. The van der Waals surface area contributed by atoms with Crippen LogP contribution in [0.1, 0.15) is 26.3 Å². The first-order valence-corrected chi connectivity index (χ1v) is 11.2. The third-order valence-electron chi connectivity index (χ3n) is 5.65. The fourth-order valence-corrected chi connectivity index (χ4v) is 4.10. The van der Waals surface area contributed by atoms with E-state index in [2.05, 4.69) is 23.7 Å². The van der Waals surface area contributed by atoms with Gasteiger partial charge < -0.3 is 29.2 Å². The second-order valence-corrected chi connectivity index (χ2v) is 8.34. The Kier molecular flexibility index (Phi) is 7.05. The van der Waals surface area contributed by atoms with Gasteiger partial charge in [-0.2, -0.15) is 0 Å². The van der Waals surface area contributed by atoms with E-state index < -0.39 is 6.09 Å². The monoisotopic (exact) mass is 453 g/mol. The minimum Gasteiger partial charge on any atom is -0.491 e. The SMILES string of the molecule is COCCOc1ccc2c(N)c(-c3ccc(NC(=O)O[C@@H]4CCOC4)cc3)n(C(C)C)c2c1. The van der Waals surface area contributed by atoms with Gasteiger partial charge in [-0.15, -0.1) is 0 Å². The highest BCUT2D eigenvalue weighted by Crippen LogP contribution is 2.40. The number of nitrogens with two attached hydrogens (primary N) is 1. The minimum atomic E-state index is -0.477. The first-order chi connectivity index (χ1) is 16.0. The molecule has 1 aromatic heterocycles. The largest absolute Gasteiger partial charge is 0.491 e. The predicted molar refractivity (Wildman–Crippen MR) is 129 cm³/mol. The number of hydrogen-bond donors (Lipinski definition) is 2. The maximum Gasteiger partial charge on any atom is 0.411 e. The molecule has 0 spiro atoms. The van der Waals surface area contributed by atoms with Crippen LogP contribution < -0.4 is 15.8 Å². The van der Waals surface area contributed by atoms with Crippen LogP contribution in [0.5, 0.6) is 5.75 Å². The van der Waals surface area contributed by atoms with Crippen molar-refractivity contribution in [1.82, 2.24) is 4.57 Å². The highest BCUT2D eigenvalue weighted by Gasteiger charge is 2.21. The molecule has 0 radical (unpaired) electrons. The summed E-state index contributed by atoms with van der Waals surface area (Å²) in [6.45, 7) is 6.33. The Morgan fingerprint density at radius 3 is 2.67 bits per heavy atom. The lowest BCUT2D eigenvalue weighted by atomic mass is 10.1. The minimum absolute atomic E-state index is 0.176. The van der Waals surface area contributed by atoms with Gasteiger partial charge in [-0.05, 0) is 38.1 Å². The summed E-state index contributed by atoms with van der Waals surface area (Å²) in [5.74, 6) is 0.774. The third-order valence-corrected chi connectivity index (χ3v) is 5.65. The van der Waals surface area contributed by atoms with Gasteiger partial charge in [-0.3, -0.25) is 5.32 Å². The second-order valence-electron chi connectivity index (χ2n) is 8.34.